The van der Waals surface area contributed by atoms with Crippen molar-refractivity contribution in [3.63, 3.8) is 0 Å². The van der Waals surface area contributed by atoms with Gasteiger partial charge in [0.25, 0.3) is 0 Å². The Morgan fingerprint density at radius 3 is 2.73 bits per heavy atom. The number of aliphatic carboxylic acids is 1. The van der Waals surface area contributed by atoms with Crippen LogP contribution in [-0.4, -0.2) is 65.2 Å². The lowest BCUT2D eigenvalue weighted by Crippen LogP contribution is -2.54. The second-order valence-corrected chi connectivity index (χ2v) is 7.72. The molecule has 1 N–H and O–H groups in total. The third-order valence-electron chi connectivity index (χ3n) is 5.03. The van der Waals surface area contributed by atoms with E-state index >= 15 is 0 Å². The van der Waals surface area contributed by atoms with Crippen molar-refractivity contribution in [1.29, 1.82) is 0 Å². The van der Waals surface area contributed by atoms with Crippen molar-refractivity contribution < 1.29 is 19.1 Å². The first-order valence-corrected chi connectivity index (χ1v) is 8.91. The minimum absolute atomic E-state index is 0.0863. The maximum absolute atomic E-state index is 14.5. The van der Waals surface area contributed by atoms with Crippen molar-refractivity contribution in [2.75, 3.05) is 31.6 Å². The first kappa shape index (κ1) is 17.6. The van der Waals surface area contributed by atoms with Gasteiger partial charge in [0.15, 0.2) is 12.1 Å². The summed E-state index contributed by atoms with van der Waals surface area (Å²) in [7, 11) is 1.86. The molecule has 1 aromatic carbocycles. The summed E-state index contributed by atoms with van der Waals surface area (Å²) < 4.78 is 12.4. The summed E-state index contributed by atoms with van der Waals surface area (Å²) in [5, 5.41) is 9.88. The Labute approximate surface area is 160 Å². The molecule has 2 unspecified atom stereocenters. The summed E-state index contributed by atoms with van der Waals surface area (Å²) in [6.07, 6.45) is -1.16. The van der Waals surface area contributed by atoms with Gasteiger partial charge in [0.05, 0.1) is 5.71 Å². The maximum atomic E-state index is 14.5. The van der Waals surface area contributed by atoms with Crippen molar-refractivity contribution in [1.82, 2.24) is 4.90 Å². The highest BCUT2D eigenvalue weighted by Crippen LogP contribution is 2.47. The molecule has 0 spiro atoms. The molecule has 0 aromatic heterocycles. The molecule has 0 bridgehead atoms. The molecule has 26 heavy (non-hydrogen) atoms. The van der Waals surface area contributed by atoms with Crippen LogP contribution in [0, 0.1) is 0 Å². The van der Waals surface area contributed by atoms with Gasteiger partial charge in [-0.2, -0.15) is 0 Å². The number of halogens is 1. The number of fused-ring (bicyclic) bond motifs is 3. The number of nitrogens with zero attached hydrogens (tertiary/aromatic N) is 3. The van der Waals surface area contributed by atoms with Crippen LogP contribution in [0.3, 0.4) is 0 Å². The molecule has 2 aliphatic heterocycles. The highest BCUT2D eigenvalue weighted by molar-refractivity contribution is 7.86. The van der Waals surface area contributed by atoms with Gasteiger partial charge in [-0.1, -0.05) is 0 Å². The standard InChI is InChI=1S/C17H16FN3O3S2/c1-20-4-5-21(11(18)7-20)8-2-3-9-10(6-8)12-13(19-15(12)25)17(26,14(9)22)16(23)24/h2-3,6,11,26H,4-5,7H2,1H3,(H,19,25)(H,23,24). The predicted octanol–water partition coefficient (Wildman–Crippen LogP) is 1.74. The molecule has 1 fully saturated rings. The molecular weight excluding hydrogens is 377 g/mol. The highest BCUT2D eigenvalue weighted by atomic mass is 32.1. The summed E-state index contributed by atoms with van der Waals surface area (Å²) in [5.41, 5.74) is 1.98. The third-order valence-corrected chi connectivity index (χ3v) is 5.96. The van der Waals surface area contributed by atoms with Crippen LogP contribution in [0.2, 0.25) is 0 Å². The fourth-order valence-electron chi connectivity index (χ4n) is 3.55. The number of carboxylic acid groups (broad SMARTS) is 1. The van der Waals surface area contributed by atoms with Crippen LogP contribution in [0.15, 0.2) is 28.2 Å². The van der Waals surface area contributed by atoms with Gasteiger partial charge in [0.1, 0.15) is 5.03 Å². The number of thiol groups is 2. The molecule has 6 nitrogen and oxygen atoms in total. The number of anilines is 1. The topological polar surface area (TPSA) is 73.2 Å². The second-order valence-electron chi connectivity index (χ2n) is 6.62. The lowest BCUT2D eigenvalue weighted by Gasteiger charge is -2.39. The van der Waals surface area contributed by atoms with E-state index < -0.39 is 22.8 Å². The van der Waals surface area contributed by atoms with E-state index in [-0.39, 0.29) is 11.3 Å². The number of carbonyl (C=O) groups is 2. The molecule has 1 aromatic rings. The summed E-state index contributed by atoms with van der Waals surface area (Å²) in [6, 6.07) is 4.89. The fourth-order valence-corrected chi connectivity index (χ4v) is 4.16. The summed E-state index contributed by atoms with van der Waals surface area (Å²) in [6.45, 7) is 1.54. The van der Waals surface area contributed by atoms with Gasteiger partial charge in [-0.3, -0.25) is 9.69 Å². The molecule has 4 rings (SSSR count). The number of piperazine rings is 1. The van der Waals surface area contributed by atoms with Gasteiger partial charge < -0.3 is 10.0 Å². The van der Waals surface area contributed by atoms with E-state index in [4.69, 9.17) is 0 Å². The average Bonchev–Trinajstić information content (AvgIpc) is 2.57. The second kappa shape index (κ2) is 5.83. The van der Waals surface area contributed by atoms with Gasteiger partial charge in [0, 0.05) is 36.5 Å². The first-order chi connectivity index (χ1) is 12.2. The number of allylic oxidation sites excluding steroid dienone is 1. The normalized spacial score (nSPS) is 28.3. The number of alkyl halides is 1. The molecule has 136 valence electrons. The molecule has 3 aliphatic rings. The van der Waals surface area contributed by atoms with Crippen LogP contribution in [0.5, 0.6) is 0 Å². The zero-order valence-electron chi connectivity index (χ0n) is 13.8. The smallest absolute Gasteiger partial charge is 0.333 e. The quantitative estimate of drug-likeness (QED) is 0.406. The number of benzene rings is 1. The third kappa shape index (κ3) is 2.27. The molecular formula is C17H16FN3O3S2. The van der Waals surface area contributed by atoms with Crippen LogP contribution >= 0.6 is 25.3 Å². The monoisotopic (exact) mass is 393 g/mol. The Balaban J connectivity index is 1.80. The highest BCUT2D eigenvalue weighted by Gasteiger charge is 2.56. The number of hydrogen-bond donors (Lipinski definition) is 3. The molecule has 1 aliphatic carbocycles. The Morgan fingerprint density at radius 2 is 2.12 bits per heavy atom. The number of carbonyl (C=O) groups excluding carboxylic acids is 1. The Kier molecular flexibility index (Phi) is 3.94. The molecule has 9 heteroatoms. The average molecular weight is 393 g/mol. The van der Waals surface area contributed by atoms with E-state index in [2.05, 4.69) is 30.2 Å². The zero-order chi connectivity index (χ0) is 18.8. The van der Waals surface area contributed by atoms with Gasteiger partial charge in [0.2, 0.25) is 4.75 Å². The predicted molar refractivity (Wildman–Crippen MR) is 103 cm³/mol. The minimum Gasteiger partial charge on any atom is -0.480 e. The SMILES string of the molecule is CN1CCN(c2ccc3c(c2)C2=C(S)N=C2C(S)(C(=O)O)C3=O)C(F)C1. The fraction of sp³-hybridized carbons (Fsp3) is 0.353. The number of hydrogen-bond acceptors (Lipinski definition) is 7. The Hall–Kier alpha value is -1.84. The van der Waals surface area contributed by atoms with Crippen molar-refractivity contribution in [3.05, 3.63) is 34.4 Å². The van der Waals surface area contributed by atoms with Crippen molar-refractivity contribution >= 4 is 54.0 Å². The van der Waals surface area contributed by atoms with Crippen LogP contribution in [0.25, 0.3) is 5.57 Å². The number of Topliss-reactive ketones (excluding diaryl/α,β-unsaturated/α-hetero) is 1. The maximum Gasteiger partial charge on any atom is 0.333 e. The Bertz CT molecular complexity index is 917. The number of aliphatic imine (C=N–C) groups is 1. The van der Waals surface area contributed by atoms with Crippen molar-refractivity contribution in [3.8, 4) is 0 Å². The lowest BCUT2D eigenvalue weighted by atomic mass is 9.75. The van der Waals surface area contributed by atoms with Gasteiger partial charge in [-0.15, -0.1) is 25.3 Å². The first-order valence-electron chi connectivity index (χ1n) is 8.02. The van der Waals surface area contributed by atoms with Gasteiger partial charge >= 0.3 is 5.97 Å². The van der Waals surface area contributed by atoms with Crippen LogP contribution in [0.1, 0.15) is 15.9 Å². The molecule has 2 atom stereocenters. The van der Waals surface area contributed by atoms with E-state index in [0.717, 1.165) is 6.54 Å². The molecule has 0 saturated carbocycles. The van der Waals surface area contributed by atoms with Gasteiger partial charge in [-0.05, 0) is 30.8 Å². The largest absolute Gasteiger partial charge is 0.480 e. The van der Waals surface area contributed by atoms with Crippen molar-refractivity contribution in [2.45, 2.75) is 11.0 Å². The summed E-state index contributed by atoms with van der Waals surface area (Å²) in [4.78, 5) is 32.1. The summed E-state index contributed by atoms with van der Waals surface area (Å²) in [5.74, 6) is -2.02. The van der Waals surface area contributed by atoms with Crippen molar-refractivity contribution in [2.24, 2.45) is 4.99 Å². The van der Waals surface area contributed by atoms with Crippen LogP contribution < -0.4 is 4.90 Å². The van der Waals surface area contributed by atoms with E-state index in [1.54, 1.807) is 17.0 Å². The molecule has 0 radical (unpaired) electrons. The molecule has 2 heterocycles. The van der Waals surface area contributed by atoms with E-state index in [9.17, 15) is 19.1 Å². The van der Waals surface area contributed by atoms with Gasteiger partial charge in [-0.25, -0.2) is 14.2 Å². The van der Waals surface area contributed by atoms with E-state index in [0.29, 0.717) is 34.9 Å². The number of carboxylic acids is 1. The number of likely N-dealkylation sites (N-methyl/N-ethyl adjacent to an activating group) is 1. The zero-order valence-corrected chi connectivity index (χ0v) is 15.6. The number of rotatable bonds is 2. The molecule has 0 amide bonds. The van der Waals surface area contributed by atoms with E-state index in [1.165, 1.54) is 6.07 Å². The summed E-state index contributed by atoms with van der Waals surface area (Å²) >= 11 is 8.40. The Morgan fingerprint density at radius 1 is 1.38 bits per heavy atom. The van der Waals surface area contributed by atoms with E-state index in [1.807, 2.05) is 11.9 Å². The minimum atomic E-state index is -2.02. The lowest BCUT2D eigenvalue weighted by molar-refractivity contribution is -0.136. The number of ketones is 1. The van der Waals surface area contributed by atoms with Crippen LogP contribution in [-0.2, 0) is 4.79 Å². The molecule has 1 saturated heterocycles. The van der Waals surface area contributed by atoms with Crippen LogP contribution in [0.4, 0.5) is 10.1 Å².